The standard InChI is InChI=1S/C21H30N2O2/c1-3-23(21(24)25-2)19-12-14-22(15-13-19)20(18-10-7-11-18)16-17-8-5-4-6-9-17/h4-6,8-10,19-20H,3,7,11-16H2,1-2H3. The molecule has 1 saturated heterocycles. The third-order valence-corrected chi connectivity index (χ3v) is 5.67. The van der Waals surface area contributed by atoms with Gasteiger partial charge in [-0.2, -0.15) is 0 Å². The summed E-state index contributed by atoms with van der Waals surface area (Å²) in [5.41, 5.74) is 3.01. The lowest BCUT2D eigenvalue weighted by atomic mass is 9.86. The lowest BCUT2D eigenvalue weighted by Crippen LogP contribution is -2.51. The van der Waals surface area contributed by atoms with Crippen molar-refractivity contribution in [1.29, 1.82) is 0 Å². The van der Waals surface area contributed by atoms with Crippen LogP contribution in [0.2, 0.25) is 0 Å². The Morgan fingerprint density at radius 2 is 1.96 bits per heavy atom. The summed E-state index contributed by atoms with van der Waals surface area (Å²) in [6.45, 7) is 4.84. The van der Waals surface area contributed by atoms with Crippen LogP contribution in [0.1, 0.15) is 38.2 Å². The van der Waals surface area contributed by atoms with Crippen LogP contribution in [0.15, 0.2) is 42.0 Å². The number of hydrogen-bond acceptors (Lipinski definition) is 3. The van der Waals surface area contributed by atoms with E-state index >= 15 is 0 Å². The number of allylic oxidation sites excluding steroid dienone is 1. The maximum Gasteiger partial charge on any atom is 0.409 e. The molecule has 4 heteroatoms. The maximum absolute atomic E-state index is 11.9. The monoisotopic (exact) mass is 342 g/mol. The molecule has 136 valence electrons. The van der Waals surface area contributed by atoms with E-state index < -0.39 is 0 Å². The summed E-state index contributed by atoms with van der Waals surface area (Å²) >= 11 is 0. The molecule has 0 aromatic heterocycles. The largest absolute Gasteiger partial charge is 0.453 e. The van der Waals surface area contributed by atoms with Gasteiger partial charge in [-0.25, -0.2) is 4.79 Å². The minimum Gasteiger partial charge on any atom is -0.453 e. The minimum absolute atomic E-state index is 0.191. The van der Waals surface area contributed by atoms with E-state index in [0.717, 1.165) is 38.9 Å². The molecule has 0 radical (unpaired) electrons. The second kappa shape index (κ2) is 8.52. The minimum atomic E-state index is -0.191. The van der Waals surface area contributed by atoms with Crippen molar-refractivity contribution in [3.05, 3.63) is 47.5 Å². The molecule has 0 bridgehead atoms. The summed E-state index contributed by atoms with van der Waals surface area (Å²) < 4.78 is 4.94. The van der Waals surface area contributed by atoms with Gasteiger partial charge in [0.05, 0.1) is 7.11 Å². The van der Waals surface area contributed by atoms with Gasteiger partial charge in [0.15, 0.2) is 0 Å². The SMILES string of the molecule is CCN(C(=O)OC)C1CCN(C(Cc2ccccc2)C2=CCC2)CC1. The lowest BCUT2D eigenvalue weighted by molar-refractivity contribution is 0.0726. The van der Waals surface area contributed by atoms with E-state index in [9.17, 15) is 4.79 Å². The highest BCUT2D eigenvalue weighted by molar-refractivity contribution is 5.67. The molecule has 1 atom stereocenters. The Hall–Kier alpha value is -1.81. The summed E-state index contributed by atoms with van der Waals surface area (Å²) in [5, 5.41) is 0. The molecule has 25 heavy (non-hydrogen) atoms. The van der Waals surface area contributed by atoms with Crippen molar-refractivity contribution >= 4 is 6.09 Å². The second-order valence-electron chi connectivity index (χ2n) is 7.05. The van der Waals surface area contributed by atoms with Gasteiger partial charge in [0.25, 0.3) is 0 Å². The molecule has 1 aromatic carbocycles. The molecule has 1 unspecified atom stereocenters. The Labute approximate surface area is 151 Å². The Morgan fingerprint density at radius 1 is 1.28 bits per heavy atom. The molecule has 0 saturated carbocycles. The van der Waals surface area contributed by atoms with Crippen LogP contribution >= 0.6 is 0 Å². The van der Waals surface area contributed by atoms with E-state index in [1.54, 1.807) is 5.57 Å². The third kappa shape index (κ3) is 4.24. The number of benzene rings is 1. The fourth-order valence-electron chi connectivity index (χ4n) is 4.11. The fraction of sp³-hybridized carbons (Fsp3) is 0.571. The molecule has 4 nitrogen and oxygen atoms in total. The number of methoxy groups -OCH3 is 1. The average molecular weight is 342 g/mol. The first-order chi connectivity index (χ1) is 12.2. The zero-order chi connectivity index (χ0) is 17.6. The predicted octanol–water partition coefficient (Wildman–Crippen LogP) is 3.87. The lowest BCUT2D eigenvalue weighted by Gasteiger charge is -2.42. The molecule has 0 spiro atoms. The Kier molecular flexibility index (Phi) is 6.14. The fourth-order valence-corrected chi connectivity index (χ4v) is 4.11. The van der Waals surface area contributed by atoms with Crippen LogP contribution < -0.4 is 0 Å². The van der Waals surface area contributed by atoms with Crippen LogP contribution in [0.5, 0.6) is 0 Å². The van der Waals surface area contributed by atoms with Crippen molar-refractivity contribution in [1.82, 2.24) is 9.80 Å². The summed E-state index contributed by atoms with van der Waals surface area (Å²) in [5.74, 6) is 0. The highest BCUT2D eigenvalue weighted by atomic mass is 16.5. The normalized spacial score (nSPS) is 19.7. The third-order valence-electron chi connectivity index (χ3n) is 5.67. The second-order valence-corrected chi connectivity index (χ2v) is 7.05. The van der Waals surface area contributed by atoms with E-state index in [4.69, 9.17) is 4.74 Å². The molecular weight excluding hydrogens is 312 g/mol. The molecule has 1 aromatic rings. The number of carbonyl (C=O) groups excluding carboxylic acids is 1. The quantitative estimate of drug-likeness (QED) is 0.736. The van der Waals surface area contributed by atoms with Gasteiger partial charge in [-0.05, 0) is 44.6 Å². The molecule has 1 amide bonds. The zero-order valence-corrected chi connectivity index (χ0v) is 15.5. The van der Waals surface area contributed by atoms with Gasteiger partial charge >= 0.3 is 6.09 Å². The Morgan fingerprint density at radius 3 is 2.48 bits per heavy atom. The number of hydrogen-bond donors (Lipinski definition) is 0. The number of carbonyl (C=O) groups is 1. The van der Waals surface area contributed by atoms with Gasteiger partial charge < -0.3 is 9.64 Å². The van der Waals surface area contributed by atoms with E-state index in [1.165, 1.54) is 25.5 Å². The zero-order valence-electron chi connectivity index (χ0n) is 15.5. The number of amides is 1. The number of nitrogens with zero attached hydrogens (tertiary/aromatic N) is 2. The maximum atomic E-state index is 11.9. The van der Waals surface area contributed by atoms with Crippen molar-refractivity contribution < 1.29 is 9.53 Å². The highest BCUT2D eigenvalue weighted by Crippen LogP contribution is 2.30. The van der Waals surface area contributed by atoms with E-state index in [0.29, 0.717) is 12.1 Å². The molecule has 2 aliphatic rings. The first kappa shape index (κ1) is 18.0. The molecular formula is C21H30N2O2. The van der Waals surface area contributed by atoms with Gasteiger partial charge in [0, 0.05) is 31.7 Å². The molecule has 1 aliphatic heterocycles. The number of ether oxygens (including phenoxy) is 1. The van der Waals surface area contributed by atoms with Gasteiger partial charge in [-0.1, -0.05) is 42.0 Å². The van der Waals surface area contributed by atoms with Crippen molar-refractivity contribution in [3.8, 4) is 0 Å². The summed E-state index contributed by atoms with van der Waals surface area (Å²) in [4.78, 5) is 16.4. The number of likely N-dealkylation sites (tertiary alicyclic amines) is 1. The molecule has 1 heterocycles. The van der Waals surface area contributed by atoms with Gasteiger partial charge in [-0.15, -0.1) is 0 Å². The number of piperidine rings is 1. The van der Waals surface area contributed by atoms with Crippen molar-refractivity contribution in [2.24, 2.45) is 0 Å². The first-order valence-electron chi connectivity index (χ1n) is 9.54. The van der Waals surface area contributed by atoms with E-state index in [2.05, 4.69) is 41.3 Å². The van der Waals surface area contributed by atoms with E-state index in [-0.39, 0.29) is 6.09 Å². The highest BCUT2D eigenvalue weighted by Gasteiger charge is 2.32. The van der Waals surface area contributed by atoms with Crippen molar-refractivity contribution in [3.63, 3.8) is 0 Å². The van der Waals surface area contributed by atoms with Crippen molar-refractivity contribution in [2.75, 3.05) is 26.7 Å². The predicted molar refractivity (Wildman–Crippen MR) is 101 cm³/mol. The van der Waals surface area contributed by atoms with Crippen LogP contribution in [0.3, 0.4) is 0 Å². The van der Waals surface area contributed by atoms with Gasteiger partial charge in [-0.3, -0.25) is 4.90 Å². The smallest absolute Gasteiger partial charge is 0.409 e. The first-order valence-corrected chi connectivity index (χ1v) is 9.54. The van der Waals surface area contributed by atoms with Gasteiger partial charge in [0.1, 0.15) is 0 Å². The van der Waals surface area contributed by atoms with Gasteiger partial charge in [0.2, 0.25) is 0 Å². The Bertz CT molecular complexity index is 591. The summed E-state index contributed by atoms with van der Waals surface area (Å²) in [6, 6.07) is 11.6. The summed E-state index contributed by atoms with van der Waals surface area (Å²) in [6.07, 6.45) is 7.83. The van der Waals surface area contributed by atoms with Crippen LogP contribution in [0.4, 0.5) is 4.79 Å². The van der Waals surface area contributed by atoms with Crippen LogP contribution in [-0.4, -0.2) is 54.7 Å². The average Bonchev–Trinajstić information content (AvgIpc) is 2.61. The van der Waals surface area contributed by atoms with Crippen LogP contribution in [0, 0.1) is 0 Å². The van der Waals surface area contributed by atoms with Crippen LogP contribution in [0.25, 0.3) is 0 Å². The molecule has 0 N–H and O–H groups in total. The summed E-state index contributed by atoms with van der Waals surface area (Å²) in [7, 11) is 1.47. The Balaban J connectivity index is 1.63. The van der Waals surface area contributed by atoms with Crippen LogP contribution in [-0.2, 0) is 11.2 Å². The van der Waals surface area contributed by atoms with E-state index in [1.807, 2.05) is 11.8 Å². The number of rotatable bonds is 6. The molecule has 1 aliphatic carbocycles. The molecule has 1 fully saturated rings. The topological polar surface area (TPSA) is 32.8 Å². The molecule has 3 rings (SSSR count). The van der Waals surface area contributed by atoms with Crippen molar-refractivity contribution in [2.45, 2.75) is 51.1 Å².